The Morgan fingerprint density at radius 1 is 1.53 bits per heavy atom. The molecule has 104 valence electrons. The van der Waals surface area contributed by atoms with E-state index in [0.29, 0.717) is 0 Å². The quantitative estimate of drug-likeness (QED) is 0.599. The lowest BCUT2D eigenvalue weighted by molar-refractivity contribution is -0.148. The summed E-state index contributed by atoms with van der Waals surface area (Å²) in [5.74, 6) is -3.14. The fourth-order valence-corrected chi connectivity index (χ4v) is 2.31. The van der Waals surface area contributed by atoms with Gasteiger partial charge in [-0.15, -0.1) is 0 Å². The summed E-state index contributed by atoms with van der Waals surface area (Å²) in [4.78, 5) is 23.0. The molecule has 0 bridgehead atoms. The van der Waals surface area contributed by atoms with Crippen LogP contribution < -0.4 is 0 Å². The Morgan fingerprint density at radius 3 is 2.68 bits per heavy atom. The number of aliphatic carboxylic acids is 1. The molecule has 0 aromatic heterocycles. The van der Waals surface area contributed by atoms with Crippen molar-refractivity contribution in [2.75, 3.05) is 6.61 Å². The highest BCUT2D eigenvalue weighted by Gasteiger charge is 2.45. The highest BCUT2D eigenvalue weighted by Crippen LogP contribution is 2.37. The number of allylic oxidation sites excluding steroid dienone is 1. The number of esters is 1. The average Bonchev–Trinajstić information content (AvgIpc) is 2.68. The predicted molar refractivity (Wildman–Crippen MR) is 64.0 cm³/mol. The van der Waals surface area contributed by atoms with E-state index < -0.39 is 29.7 Å². The molecule has 2 atom stereocenters. The zero-order valence-corrected chi connectivity index (χ0v) is 11.0. The normalized spacial score (nSPS) is 32.1. The van der Waals surface area contributed by atoms with E-state index in [4.69, 9.17) is 14.2 Å². The van der Waals surface area contributed by atoms with Gasteiger partial charge >= 0.3 is 11.9 Å². The second-order valence-electron chi connectivity index (χ2n) is 4.87. The minimum Gasteiger partial charge on any atom is -0.478 e. The Labute approximate surface area is 110 Å². The first-order valence-corrected chi connectivity index (χ1v) is 5.98. The monoisotopic (exact) mass is 268 g/mol. The molecule has 1 saturated heterocycles. The van der Waals surface area contributed by atoms with Gasteiger partial charge < -0.3 is 19.3 Å². The van der Waals surface area contributed by atoms with E-state index in [2.05, 4.69) is 0 Å². The first-order valence-electron chi connectivity index (χ1n) is 5.98. The van der Waals surface area contributed by atoms with E-state index in [0.717, 1.165) is 6.26 Å². The number of hydrogen-bond donors (Lipinski definition) is 1. The van der Waals surface area contributed by atoms with Crippen LogP contribution in [0.25, 0.3) is 0 Å². The van der Waals surface area contributed by atoms with Gasteiger partial charge in [-0.3, -0.25) is 0 Å². The molecule has 0 amide bonds. The molecule has 6 heteroatoms. The summed E-state index contributed by atoms with van der Waals surface area (Å²) in [5, 5.41) is 9.22. The Morgan fingerprint density at radius 2 is 2.21 bits per heavy atom. The van der Waals surface area contributed by atoms with Crippen LogP contribution in [0.4, 0.5) is 0 Å². The first kappa shape index (κ1) is 13.8. The van der Waals surface area contributed by atoms with Crippen molar-refractivity contribution < 1.29 is 28.9 Å². The molecule has 0 unspecified atom stereocenters. The Balaban J connectivity index is 2.37. The van der Waals surface area contributed by atoms with E-state index in [1.165, 1.54) is 0 Å². The molecule has 6 nitrogen and oxygen atoms in total. The van der Waals surface area contributed by atoms with Crippen molar-refractivity contribution in [2.24, 2.45) is 5.92 Å². The summed E-state index contributed by atoms with van der Waals surface area (Å²) in [6.45, 7) is 5.38. The van der Waals surface area contributed by atoms with Gasteiger partial charge in [0, 0.05) is 5.57 Å². The number of hydrogen-bond acceptors (Lipinski definition) is 5. The third-order valence-corrected chi connectivity index (χ3v) is 3.16. The van der Waals surface area contributed by atoms with Crippen LogP contribution in [-0.4, -0.2) is 35.5 Å². The molecule has 0 aliphatic carbocycles. The van der Waals surface area contributed by atoms with Gasteiger partial charge in [0.1, 0.15) is 6.26 Å². The molecular formula is C13H16O6. The number of carboxylic acid groups (broad SMARTS) is 1. The van der Waals surface area contributed by atoms with Crippen LogP contribution in [0.3, 0.4) is 0 Å². The lowest BCUT2D eigenvalue weighted by Crippen LogP contribution is -2.36. The van der Waals surface area contributed by atoms with Crippen molar-refractivity contribution in [3.8, 4) is 0 Å². The van der Waals surface area contributed by atoms with E-state index in [1.54, 1.807) is 26.8 Å². The lowest BCUT2D eigenvalue weighted by atomic mass is 9.85. The van der Waals surface area contributed by atoms with Crippen LogP contribution in [0.5, 0.6) is 0 Å². The third-order valence-electron chi connectivity index (χ3n) is 3.16. The van der Waals surface area contributed by atoms with Gasteiger partial charge in [0.2, 0.25) is 0 Å². The van der Waals surface area contributed by atoms with Crippen molar-refractivity contribution >= 4 is 11.9 Å². The number of ether oxygens (including phenoxy) is 3. The zero-order valence-electron chi connectivity index (χ0n) is 11.0. The molecule has 2 heterocycles. The fourth-order valence-electron chi connectivity index (χ4n) is 2.31. The molecule has 19 heavy (non-hydrogen) atoms. The van der Waals surface area contributed by atoms with Crippen LogP contribution in [0.2, 0.25) is 0 Å². The SMILES string of the molecule is C/C=C1\C(=O)OC=C(C(=O)O)[C@@H]1[C@H]1COC(C)(C)O1. The van der Waals surface area contributed by atoms with E-state index in [9.17, 15) is 14.7 Å². The highest BCUT2D eigenvalue weighted by atomic mass is 16.7. The number of cyclic esters (lactones) is 1. The van der Waals surface area contributed by atoms with Crippen LogP contribution in [0, 0.1) is 5.92 Å². The molecule has 2 aliphatic rings. The van der Waals surface area contributed by atoms with Gasteiger partial charge in [-0.2, -0.15) is 0 Å². The minimum atomic E-state index is -1.13. The maximum absolute atomic E-state index is 11.7. The van der Waals surface area contributed by atoms with Crippen molar-refractivity contribution in [1.82, 2.24) is 0 Å². The average molecular weight is 268 g/mol. The van der Waals surface area contributed by atoms with Crippen LogP contribution in [-0.2, 0) is 23.8 Å². The van der Waals surface area contributed by atoms with E-state index in [-0.39, 0.29) is 17.8 Å². The van der Waals surface area contributed by atoms with E-state index >= 15 is 0 Å². The minimum absolute atomic E-state index is 0.000926. The molecule has 0 aromatic rings. The molecular weight excluding hydrogens is 252 g/mol. The van der Waals surface area contributed by atoms with Gasteiger partial charge in [0.25, 0.3) is 0 Å². The maximum Gasteiger partial charge on any atom is 0.339 e. The Bertz CT molecular complexity index is 474. The molecule has 0 radical (unpaired) electrons. The van der Waals surface area contributed by atoms with Crippen molar-refractivity contribution in [3.05, 3.63) is 23.5 Å². The molecule has 2 rings (SSSR count). The van der Waals surface area contributed by atoms with Crippen molar-refractivity contribution in [2.45, 2.75) is 32.7 Å². The van der Waals surface area contributed by atoms with Gasteiger partial charge in [0.05, 0.1) is 24.2 Å². The van der Waals surface area contributed by atoms with Gasteiger partial charge in [0.15, 0.2) is 5.79 Å². The third kappa shape index (κ3) is 2.54. The number of carbonyl (C=O) groups is 2. The van der Waals surface area contributed by atoms with Gasteiger partial charge in [-0.05, 0) is 20.8 Å². The Kier molecular flexibility index (Phi) is 3.47. The van der Waals surface area contributed by atoms with Crippen LogP contribution >= 0.6 is 0 Å². The van der Waals surface area contributed by atoms with Crippen molar-refractivity contribution in [3.63, 3.8) is 0 Å². The van der Waals surface area contributed by atoms with Crippen LogP contribution in [0.1, 0.15) is 20.8 Å². The highest BCUT2D eigenvalue weighted by molar-refractivity contribution is 5.97. The standard InChI is InChI=1S/C13H16O6/c1-4-7-10(9-6-18-13(2,3)19-9)8(11(14)15)5-17-12(7)16/h4-5,9-10H,6H2,1-3H3,(H,14,15)/b7-4-/t9-,10-/m1/s1. The molecule has 2 aliphatic heterocycles. The van der Waals surface area contributed by atoms with Crippen molar-refractivity contribution in [1.29, 1.82) is 0 Å². The Hall–Kier alpha value is -1.66. The number of rotatable bonds is 2. The topological polar surface area (TPSA) is 82.1 Å². The molecule has 0 saturated carbocycles. The van der Waals surface area contributed by atoms with Gasteiger partial charge in [-0.25, -0.2) is 9.59 Å². The summed E-state index contributed by atoms with van der Waals surface area (Å²) in [6.07, 6.45) is 2.02. The summed E-state index contributed by atoms with van der Waals surface area (Å²) in [7, 11) is 0. The molecule has 0 spiro atoms. The molecule has 1 N–H and O–H groups in total. The molecule has 0 aromatic carbocycles. The maximum atomic E-state index is 11.7. The molecule has 1 fully saturated rings. The lowest BCUT2D eigenvalue weighted by Gasteiger charge is -2.28. The number of carboxylic acids is 1. The summed E-state index contributed by atoms with van der Waals surface area (Å²) in [6, 6.07) is 0. The largest absolute Gasteiger partial charge is 0.478 e. The fraction of sp³-hybridized carbons (Fsp3) is 0.538. The van der Waals surface area contributed by atoms with E-state index in [1.807, 2.05) is 0 Å². The zero-order chi connectivity index (χ0) is 14.2. The second-order valence-corrected chi connectivity index (χ2v) is 4.87. The summed E-state index contributed by atoms with van der Waals surface area (Å²) >= 11 is 0. The smallest absolute Gasteiger partial charge is 0.339 e. The second kappa shape index (κ2) is 4.79. The number of carbonyl (C=O) groups excluding carboxylic acids is 1. The summed E-state index contributed by atoms with van der Waals surface area (Å²) in [5.41, 5.74) is 0.283. The van der Waals surface area contributed by atoms with Crippen LogP contribution in [0.15, 0.2) is 23.5 Å². The van der Waals surface area contributed by atoms with Gasteiger partial charge in [-0.1, -0.05) is 6.08 Å². The summed E-state index contributed by atoms with van der Waals surface area (Å²) < 4.78 is 15.9. The first-order chi connectivity index (χ1) is 8.85. The predicted octanol–water partition coefficient (Wildman–Crippen LogP) is 1.23.